The van der Waals surface area contributed by atoms with E-state index in [4.69, 9.17) is 5.11 Å². The Morgan fingerprint density at radius 3 is 2.80 bits per heavy atom. The molecule has 1 saturated carbocycles. The van der Waals surface area contributed by atoms with Crippen LogP contribution in [0.5, 0.6) is 0 Å². The molecule has 0 atom stereocenters. The first-order chi connectivity index (χ1) is 7.12. The molecule has 2 rings (SSSR count). The van der Waals surface area contributed by atoms with E-state index in [1.807, 2.05) is 0 Å². The van der Waals surface area contributed by atoms with Gasteiger partial charge in [-0.15, -0.1) is 0 Å². The van der Waals surface area contributed by atoms with Gasteiger partial charge in [0, 0.05) is 6.20 Å². The van der Waals surface area contributed by atoms with Crippen molar-refractivity contribution in [3.63, 3.8) is 0 Å². The van der Waals surface area contributed by atoms with Gasteiger partial charge >= 0.3 is 0 Å². The average Bonchev–Trinajstić information content (AvgIpc) is 3.01. The van der Waals surface area contributed by atoms with Crippen LogP contribution in [0.1, 0.15) is 18.4 Å². The van der Waals surface area contributed by atoms with Gasteiger partial charge in [0.05, 0.1) is 12.4 Å². The summed E-state index contributed by atoms with van der Waals surface area (Å²) in [7, 11) is -3.25. The monoisotopic (exact) mass is 227 g/mol. The fourth-order valence-corrected chi connectivity index (χ4v) is 3.08. The first kappa shape index (κ1) is 10.6. The summed E-state index contributed by atoms with van der Waals surface area (Å²) in [6.45, 7) is -0.158. The number of rotatable bonds is 4. The minimum absolute atomic E-state index is 0.0842. The molecule has 1 aliphatic carbocycles. The SMILES string of the molecule is O=S(=O)(CC1CC1)c1cc(CO)ccn1. The largest absolute Gasteiger partial charge is 0.392 e. The minimum atomic E-state index is -3.25. The smallest absolute Gasteiger partial charge is 0.195 e. The second-order valence-electron chi connectivity index (χ2n) is 3.89. The van der Waals surface area contributed by atoms with Crippen molar-refractivity contribution in [2.45, 2.75) is 24.5 Å². The molecule has 82 valence electrons. The van der Waals surface area contributed by atoms with Crippen LogP contribution in [0.3, 0.4) is 0 Å². The maximum Gasteiger partial charge on any atom is 0.195 e. The van der Waals surface area contributed by atoms with Crippen LogP contribution < -0.4 is 0 Å². The van der Waals surface area contributed by atoms with Gasteiger partial charge in [-0.05, 0) is 36.5 Å². The summed E-state index contributed by atoms with van der Waals surface area (Å²) in [5.74, 6) is 0.504. The standard InChI is InChI=1S/C10H13NO3S/c12-6-9-3-4-11-10(5-9)15(13,14)7-8-1-2-8/h3-5,8,12H,1-2,6-7H2. The van der Waals surface area contributed by atoms with E-state index in [-0.39, 0.29) is 17.4 Å². The van der Waals surface area contributed by atoms with Crippen LogP contribution in [0.4, 0.5) is 0 Å². The number of hydrogen-bond donors (Lipinski definition) is 1. The van der Waals surface area contributed by atoms with Gasteiger partial charge in [-0.2, -0.15) is 0 Å². The summed E-state index contributed by atoms with van der Waals surface area (Å²) in [6.07, 6.45) is 3.42. The first-order valence-corrected chi connectivity index (χ1v) is 6.55. The van der Waals surface area contributed by atoms with Gasteiger partial charge in [0.25, 0.3) is 0 Å². The van der Waals surface area contributed by atoms with Crippen molar-refractivity contribution in [2.75, 3.05) is 5.75 Å². The summed E-state index contributed by atoms with van der Waals surface area (Å²) in [6, 6.07) is 3.05. The summed E-state index contributed by atoms with van der Waals surface area (Å²) in [5, 5.41) is 8.98. The molecular formula is C10H13NO3S. The van der Waals surface area contributed by atoms with Gasteiger partial charge < -0.3 is 5.11 Å². The van der Waals surface area contributed by atoms with Crippen molar-refractivity contribution in [3.8, 4) is 0 Å². The molecule has 1 fully saturated rings. The second kappa shape index (κ2) is 3.90. The van der Waals surface area contributed by atoms with E-state index in [0.29, 0.717) is 11.5 Å². The number of pyridine rings is 1. The van der Waals surface area contributed by atoms with Crippen LogP contribution in [0, 0.1) is 5.92 Å². The third-order valence-electron chi connectivity index (χ3n) is 2.45. The van der Waals surface area contributed by atoms with Crippen LogP contribution in [0.15, 0.2) is 23.4 Å². The molecule has 5 heteroatoms. The van der Waals surface area contributed by atoms with Crippen LogP contribution >= 0.6 is 0 Å². The second-order valence-corrected chi connectivity index (χ2v) is 5.87. The maximum absolute atomic E-state index is 11.8. The van der Waals surface area contributed by atoms with Crippen LogP contribution in [-0.4, -0.2) is 24.3 Å². The van der Waals surface area contributed by atoms with E-state index in [9.17, 15) is 8.42 Å². The highest BCUT2D eigenvalue weighted by atomic mass is 32.2. The van der Waals surface area contributed by atoms with E-state index in [2.05, 4.69) is 4.98 Å². The van der Waals surface area contributed by atoms with Crippen molar-refractivity contribution in [1.82, 2.24) is 4.98 Å². The Bertz CT molecular complexity index is 451. The zero-order valence-electron chi connectivity index (χ0n) is 8.26. The molecule has 0 unspecified atom stereocenters. The molecule has 0 bridgehead atoms. The Morgan fingerprint density at radius 2 is 2.20 bits per heavy atom. The quantitative estimate of drug-likeness (QED) is 0.824. The molecule has 1 aliphatic rings. The zero-order chi connectivity index (χ0) is 10.9. The fourth-order valence-electron chi connectivity index (χ4n) is 1.40. The Balaban J connectivity index is 2.26. The van der Waals surface area contributed by atoms with Gasteiger partial charge in [0.1, 0.15) is 0 Å². The molecule has 0 saturated heterocycles. The Morgan fingerprint density at radius 1 is 1.47 bits per heavy atom. The van der Waals surface area contributed by atoms with E-state index in [1.54, 1.807) is 6.07 Å². The van der Waals surface area contributed by atoms with Crippen LogP contribution in [0.2, 0.25) is 0 Å². The fraction of sp³-hybridized carbons (Fsp3) is 0.500. The summed E-state index contributed by atoms with van der Waals surface area (Å²) >= 11 is 0. The van der Waals surface area contributed by atoms with Crippen molar-refractivity contribution in [3.05, 3.63) is 23.9 Å². The normalized spacial score (nSPS) is 16.6. The third-order valence-corrected chi connectivity index (χ3v) is 4.22. The van der Waals surface area contributed by atoms with E-state index in [0.717, 1.165) is 12.8 Å². The molecule has 1 heterocycles. The molecular weight excluding hydrogens is 214 g/mol. The minimum Gasteiger partial charge on any atom is -0.392 e. The molecule has 0 radical (unpaired) electrons. The predicted molar refractivity (Wildman–Crippen MR) is 54.9 cm³/mol. The van der Waals surface area contributed by atoms with Gasteiger partial charge in [0.15, 0.2) is 14.9 Å². The molecule has 0 spiro atoms. The number of sulfone groups is 1. The highest BCUT2D eigenvalue weighted by Gasteiger charge is 2.29. The van der Waals surface area contributed by atoms with Crippen molar-refractivity contribution >= 4 is 9.84 Å². The molecule has 15 heavy (non-hydrogen) atoms. The Labute approximate surface area is 88.9 Å². The van der Waals surface area contributed by atoms with E-state index >= 15 is 0 Å². The molecule has 0 amide bonds. The maximum atomic E-state index is 11.8. The number of hydrogen-bond acceptors (Lipinski definition) is 4. The highest BCUT2D eigenvalue weighted by Crippen LogP contribution is 2.31. The van der Waals surface area contributed by atoms with Gasteiger partial charge in [-0.1, -0.05) is 0 Å². The van der Waals surface area contributed by atoms with Crippen molar-refractivity contribution in [2.24, 2.45) is 5.92 Å². The predicted octanol–water partition coefficient (Wildman–Crippen LogP) is 0.758. The molecule has 0 aliphatic heterocycles. The molecule has 1 aromatic heterocycles. The molecule has 1 aromatic rings. The van der Waals surface area contributed by atoms with Crippen molar-refractivity contribution < 1.29 is 13.5 Å². The Kier molecular flexibility index (Phi) is 2.75. The highest BCUT2D eigenvalue weighted by molar-refractivity contribution is 7.91. The lowest BCUT2D eigenvalue weighted by Crippen LogP contribution is -2.10. The average molecular weight is 227 g/mol. The van der Waals surface area contributed by atoms with E-state index in [1.165, 1.54) is 12.3 Å². The topological polar surface area (TPSA) is 67.3 Å². The third kappa shape index (κ3) is 2.54. The summed E-state index contributed by atoms with van der Waals surface area (Å²) in [4.78, 5) is 3.84. The lowest BCUT2D eigenvalue weighted by molar-refractivity contribution is 0.281. The molecule has 4 nitrogen and oxygen atoms in total. The zero-order valence-corrected chi connectivity index (χ0v) is 9.07. The van der Waals surface area contributed by atoms with Crippen LogP contribution in [0.25, 0.3) is 0 Å². The van der Waals surface area contributed by atoms with Gasteiger partial charge in [-0.3, -0.25) is 0 Å². The van der Waals surface area contributed by atoms with E-state index < -0.39 is 9.84 Å². The number of aliphatic hydroxyl groups excluding tert-OH is 1. The summed E-state index contributed by atoms with van der Waals surface area (Å²) < 4.78 is 23.6. The lowest BCUT2D eigenvalue weighted by atomic mass is 10.3. The number of aromatic nitrogens is 1. The van der Waals surface area contributed by atoms with Gasteiger partial charge in [-0.25, -0.2) is 13.4 Å². The lowest BCUT2D eigenvalue weighted by Gasteiger charge is -2.03. The first-order valence-electron chi connectivity index (χ1n) is 4.90. The number of nitrogens with zero attached hydrogens (tertiary/aromatic N) is 1. The van der Waals surface area contributed by atoms with Gasteiger partial charge in [0.2, 0.25) is 0 Å². The van der Waals surface area contributed by atoms with Crippen molar-refractivity contribution in [1.29, 1.82) is 0 Å². The summed E-state index contributed by atoms with van der Waals surface area (Å²) in [5.41, 5.74) is 0.583. The molecule has 0 aromatic carbocycles. The Hall–Kier alpha value is -0.940. The molecule has 1 N–H and O–H groups in total. The number of aliphatic hydroxyl groups is 1. The van der Waals surface area contributed by atoms with Crippen LogP contribution in [-0.2, 0) is 16.4 Å².